The minimum absolute atomic E-state index is 0.0135. The van der Waals surface area contributed by atoms with Crippen molar-refractivity contribution in [1.29, 1.82) is 0 Å². The van der Waals surface area contributed by atoms with E-state index in [0.29, 0.717) is 43.5 Å². The van der Waals surface area contributed by atoms with Gasteiger partial charge in [0.2, 0.25) is 15.9 Å². The molecule has 0 unspecified atom stereocenters. The molecule has 0 aliphatic carbocycles. The lowest BCUT2D eigenvalue weighted by molar-refractivity contribution is 0.179. The van der Waals surface area contributed by atoms with Crippen LogP contribution in [0, 0.1) is 6.92 Å². The van der Waals surface area contributed by atoms with Crippen LogP contribution in [0.25, 0.3) is 11.5 Å². The summed E-state index contributed by atoms with van der Waals surface area (Å²) < 4.78 is 39.0. The van der Waals surface area contributed by atoms with Gasteiger partial charge in [-0.3, -0.25) is 4.90 Å². The van der Waals surface area contributed by atoms with Crippen LogP contribution < -0.4 is 4.74 Å². The van der Waals surface area contributed by atoms with E-state index in [4.69, 9.17) is 14.1 Å². The Morgan fingerprint density at radius 2 is 1.59 bits per heavy atom. The molecule has 0 saturated carbocycles. The molecule has 8 heteroatoms. The molecule has 4 rings (SSSR count). The number of piperazine rings is 1. The van der Waals surface area contributed by atoms with E-state index in [1.165, 1.54) is 0 Å². The molecule has 0 spiro atoms. The van der Waals surface area contributed by atoms with Crippen molar-refractivity contribution in [3.8, 4) is 17.2 Å². The Labute approximate surface area is 202 Å². The first-order chi connectivity index (χ1) is 16.1. The molecule has 34 heavy (non-hydrogen) atoms. The van der Waals surface area contributed by atoms with Crippen molar-refractivity contribution in [1.82, 2.24) is 14.2 Å². The lowest BCUT2D eigenvalue weighted by atomic mass is 9.87. The predicted octanol–water partition coefficient (Wildman–Crippen LogP) is 4.46. The summed E-state index contributed by atoms with van der Waals surface area (Å²) in [5.74, 6) is 2.14. The minimum Gasteiger partial charge on any atom is -0.497 e. The van der Waals surface area contributed by atoms with Crippen LogP contribution in [-0.4, -0.2) is 55.9 Å². The van der Waals surface area contributed by atoms with Gasteiger partial charge in [-0.15, -0.1) is 0 Å². The summed E-state index contributed by atoms with van der Waals surface area (Å²) in [5, 5.41) is 0. The highest BCUT2D eigenvalue weighted by atomic mass is 32.2. The third kappa shape index (κ3) is 5.19. The van der Waals surface area contributed by atoms with Crippen LogP contribution >= 0.6 is 0 Å². The van der Waals surface area contributed by atoms with E-state index in [-0.39, 0.29) is 5.41 Å². The molecule has 1 fully saturated rings. The maximum atomic E-state index is 13.1. The number of rotatable bonds is 6. The summed E-state index contributed by atoms with van der Waals surface area (Å²) in [6, 6.07) is 14.9. The van der Waals surface area contributed by atoms with Crippen LogP contribution in [0.2, 0.25) is 0 Å². The topological polar surface area (TPSA) is 75.9 Å². The van der Waals surface area contributed by atoms with Crippen LogP contribution in [-0.2, 0) is 22.0 Å². The monoisotopic (exact) mass is 483 g/mol. The van der Waals surface area contributed by atoms with Crippen molar-refractivity contribution < 1.29 is 17.6 Å². The summed E-state index contributed by atoms with van der Waals surface area (Å²) in [7, 11) is -1.87. The van der Waals surface area contributed by atoms with Gasteiger partial charge in [-0.25, -0.2) is 13.4 Å². The minimum atomic E-state index is -3.50. The summed E-state index contributed by atoms with van der Waals surface area (Å²) >= 11 is 0. The zero-order chi connectivity index (χ0) is 24.5. The second-order valence-electron chi connectivity index (χ2n) is 9.71. The van der Waals surface area contributed by atoms with E-state index in [1.54, 1.807) is 23.5 Å². The number of hydrogen-bond acceptors (Lipinski definition) is 6. The van der Waals surface area contributed by atoms with E-state index >= 15 is 0 Å². The smallest absolute Gasteiger partial charge is 0.243 e. The number of ether oxygens (including phenoxy) is 1. The predicted molar refractivity (Wildman–Crippen MR) is 132 cm³/mol. The molecular weight excluding hydrogens is 450 g/mol. The quantitative estimate of drug-likeness (QED) is 0.515. The lowest BCUT2D eigenvalue weighted by Gasteiger charge is -2.33. The van der Waals surface area contributed by atoms with Crippen molar-refractivity contribution in [3.63, 3.8) is 0 Å². The molecule has 182 valence electrons. The molecule has 7 nitrogen and oxygen atoms in total. The number of nitrogens with zero attached hydrogens (tertiary/aromatic N) is 3. The summed E-state index contributed by atoms with van der Waals surface area (Å²) in [6.45, 7) is 11.1. The van der Waals surface area contributed by atoms with Crippen LogP contribution in [0.5, 0.6) is 5.75 Å². The highest BCUT2D eigenvalue weighted by molar-refractivity contribution is 7.89. The van der Waals surface area contributed by atoms with Gasteiger partial charge in [0.15, 0.2) is 0 Å². The SMILES string of the molecule is COc1ccc(-c2nc(CN3CCN(S(=O)(=O)c4ccc(C(C)(C)C)cc4)CC3)c(C)o2)cc1. The number of sulfonamides is 1. The molecule has 0 radical (unpaired) electrons. The maximum absolute atomic E-state index is 13.1. The molecule has 1 aliphatic rings. The van der Waals surface area contributed by atoms with Gasteiger partial charge in [-0.1, -0.05) is 32.9 Å². The van der Waals surface area contributed by atoms with Crippen LogP contribution in [0.15, 0.2) is 57.8 Å². The molecule has 1 aromatic heterocycles. The number of benzene rings is 2. The molecule has 2 heterocycles. The maximum Gasteiger partial charge on any atom is 0.243 e. The zero-order valence-electron chi connectivity index (χ0n) is 20.5. The molecule has 0 atom stereocenters. The van der Waals surface area contributed by atoms with E-state index < -0.39 is 10.0 Å². The fourth-order valence-electron chi connectivity index (χ4n) is 4.05. The van der Waals surface area contributed by atoms with Gasteiger partial charge in [0.25, 0.3) is 0 Å². The lowest BCUT2D eigenvalue weighted by Crippen LogP contribution is -2.48. The molecular formula is C26H33N3O4S. The summed E-state index contributed by atoms with van der Waals surface area (Å²) in [4.78, 5) is 7.26. The van der Waals surface area contributed by atoms with Gasteiger partial charge in [0.1, 0.15) is 11.5 Å². The number of hydrogen-bond donors (Lipinski definition) is 0. The van der Waals surface area contributed by atoms with Crippen molar-refractivity contribution in [2.75, 3.05) is 33.3 Å². The van der Waals surface area contributed by atoms with Crippen LogP contribution in [0.3, 0.4) is 0 Å². The van der Waals surface area contributed by atoms with Gasteiger partial charge in [-0.05, 0) is 54.3 Å². The van der Waals surface area contributed by atoms with Crippen LogP contribution in [0.1, 0.15) is 37.8 Å². The number of aromatic nitrogens is 1. The first-order valence-electron chi connectivity index (χ1n) is 11.5. The Bertz CT molecular complexity index is 1220. The Kier molecular flexibility index (Phi) is 6.85. The fraction of sp³-hybridized carbons (Fsp3) is 0.423. The second kappa shape index (κ2) is 9.52. The average Bonchev–Trinajstić information content (AvgIpc) is 3.19. The van der Waals surface area contributed by atoms with Crippen molar-refractivity contribution in [3.05, 3.63) is 65.5 Å². The Hall–Kier alpha value is -2.68. The van der Waals surface area contributed by atoms with Crippen molar-refractivity contribution in [2.24, 2.45) is 0 Å². The van der Waals surface area contributed by atoms with Gasteiger partial charge < -0.3 is 9.15 Å². The normalized spacial score (nSPS) is 16.0. The first kappa shape index (κ1) is 24.4. The summed E-state index contributed by atoms with van der Waals surface area (Å²) in [5.41, 5.74) is 2.87. The Morgan fingerprint density at radius 1 is 0.971 bits per heavy atom. The standard InChI is InChI=1S/C26H33N3O4S/c1-19-24(27-25(33-19)20-6-10-22(32-5)11-7-20)18-28-14-16-29(17-15-28)34(30,31)23-12-8-21(9-13-23)26(2,3)4/h6-13H,14-18H2,1-5H3. The fourth-order valence-corrected chi connectivity index (χ4v) is 5.47. The highest BCUT2D eigenvalue weighted by Gasteiger charge is 2.29. The van der Waals surface area contributed by atoms with E-state index in [2.05, 4.69) is 25.7 Å². The molecule has 0 bridgehead atoms. The third-order valence-electron chi connectivity index (χ3n) is 6.29. The van der Waals surface area contributed by atoms with E-state index in [0.717, 1.165) is 28.3 Å². The van der Waals surface area contributed by atoms with Crippen LogP contribution in [0.4, 0.5) is 0 Å². The van der Waals surface area contributed by atoms with Crippen molar-refractivity contribution in [2.45, 2.75) is 44.6 Å². The van der Waals surface area contributed by atoms with Gasteiger partial charge in [0.05, 0.1) is 17.7 Å². The number of aryl methyl sites for hydroxylation is 1. The average molecular weight is 484 g/mol. The molecule has 0 N–H and O–H groups in total. The molecule has 0 amide bonds. The second-order valence-corrected chi connectivity index (χ2v) is 11.6. The van der Waals surface area contributed by atoms with E-state index in [9.17, 15) is 8.42 Å². The van der Waals surface area contributed by atoms with Crippen molar-refractivity contribution >= 4 is 10.0 Å². The zero-order valence-corrected chi connectivity index (χ0v) is 21.4. The van der Waals surface area contributed by atoms with E-state index in [1.807, 2.05) is 43.3 Å². The molecule has 1 aliphatic heterocycles. The highest BCUT2D eigenvalue weighted by Crippen LogP contribution is 2.27. The number of methoxy groups -OCH3 is 1. The van der Waals surface area contributed by atoms with Gasteiger partial charge >= 0.3 is 0 Å². The van der Waals surface area contributed by atoms with Gasteiger partial charge in [0, 0.05) is 38.3 Å². The number of oxazole rings is 1. The first-order valence-corrected chi connectivity index (χ1v) is 13.0. The summed E-state index contributed by atoms with van der Waals surface area (Å²) in [6.07, 6.45) is 0. The Balaban J connectivity index is 1.39. The van der Waals surface area contributed by atoms with Gasteiger partial charge in [-0.2, -0.15) is 4.31 Å². The molecule has 1 saturated heterocycles. The Morgan fingerprint density at radius 3 is 2.15 bits per heavy atom. The largest absolute Gasteiger partial charge is 0.497 e. The molecule has 2 aromatic carbocycles. The molecule has 3 aromatic rings. The third-order valence-corrected chi connectivity index (χ3v) is 8.21.